The van der Waals surface area contributed by atoms with Crippen molar-refractivity contribution in [2.24, 2.45) is 0 Å². The number of rotatable bonds is 7. The summed E-state index contributed by atoms with van der Waals surface area (Å²) in [6, 6.07) is 0. The second kappa shape index (κ2) is 9.84. The van der Waals surface area contributed by atoms with Crippen LogP contribution in [0.15, 0.2) is 6.33 Å². The molecule has 1 unspecified atom stereocenters. The minimum atomic E-state index is -1.39. The average molecular weight is 416 g/mol. The lowest BCUT2D eigenvalue weighted by Gasteiger charge is -2.16. The van der Waals surface area contributed by atoms with Crippen molar-refractivity contribution < 1.29 is 19.7 Å². The van der Waals surface area contributed by atoms with Gasteiger partial charge in [0, 0.05) is 13.0 Å². The number of nitrogens with two attached hydrogens (primary N) is 1. The van der Waals surface area contributed by atoms with Crippen molar-refractivity contribution >= 4 is 22.9 Å². The number of hydrogen-bond acceptors (Lipinski definition) is 8. The quantitative estimate of drug-likeness (QED) is 0.376. The number of carbonyl (C=O) groups excluding carboxylic acids is 1. The van der Waals surface area contributed by atoms with E-state index in [0.717, 1.165) is 19.3 Å². The number of amides is 1. The molecule has 0 bridgehead atoms. The molecule has 0 aliphatic carbocycles. The predicted molar refractivity (Wildman–Crippen MR) is 110 cm³/mol. The molecule has 1 amide bonds. The summed E-state index contributed by atoms with van der Waals surface area (Å²) < 4.78 is 7.08. The third-order valence-electron chi connectivity index (χ3n) is 4.93. The van der Waals surface area contributed by atoms with Crippen molar-refractivity contribution in [3.05, 3.63) is 12.2 Å². The second-order valence-electron chi connectivity index (χ2n) is 7.19. The second-order valence-corrected chi connectivity index (χ2v) is 7.19. The largest absolute Gasteiger partial charge is 0.387 e. The molecule has 2 aromatic heterocycles. The summed E-state index contributed by atoms with van der Waals surface area (Å²) >= 11 is 0. The number of likely N-dealkylation sites (N-methyl/N-ethyl adjacent to an activating group) is 1. The third-order valence-corrected chi connectivity index (χ3v) is 4.93. The molecule has 1 aliphatic heterocycles. The Bertz CT molecular complexity index is 950. The van der Waals surface area contributed by atoms with E-state index in [9.17, 15) is 15.0 Å². The topological polar surface area (TPSA) is 148 Å². The fourth-order valence-electron chi connectivity index (χ4n) is 3.34. The van der Waals surface area contributed by atoms with Gasteiger partial charge < -0.3 is 26.0 Å². The van der Waals surface area contributed by atoms with Gasteiger partial charge in [-0.3, -0.25) is 9.36 Å². The number of ether oxygens (including phenoxy) is 1. The first-order valence-electron chi connectivity index (χ1n) is 10.3. The Morgan fingerprint density at radius 2 is 2.07 bits per heavy atom. The third kappa shape index (κ3) is 4.53. The van der Waals surface area contributed by atoms with Gasteiger partial charge in [-0.1, -0.05) is 32.1 Å². The van der Waals surface area contributed by atoms with Gasteiger partial charge in [-0.05, 0) is 19.3 Å². The zero-order chi connectivity index (χ0) is 21.7. The number of carbonyl (C=O) groups is 1. The summed E-state index contributed by atoms with van der Waals surface area (Å²) in [6.07, 6.45) is 1.63. The number of aliphatic hydroxyl groups excluding tert-OH is 2. The number of aromatic nitrogens is 4. The standard InChI is InChI=1S/C20H28N6O4/c1-3-5-6-7-8-9-10-12-24-17(21)13-18(25-12)26(11-23-13)20-15(28)14(27)16(30-20)19(29)22-4-2/h11,14-16,20,27-28H,3-8H2,1-2H3,(H,22,29)(H2,21,24,25)/t14-,15+,16-,20?/m0/s1. The van der Waals surface area contributed by atoms with E-state index < -0.39 is 30.4 Å². The normalized spacial score (nSPS) is 23.3. The van der Waals surface area contributed by atoms with Crippen LogP contribution in [0.3, 0.4) is 0 Å². The molecule has 30 heavy (non-hydrogen) atoms. The summed E-state index contributed by atoms with van der Waals surface area (Å²) in [7, 11) is 0. The maximum atomic E-state index is 12.1. The van der Waals surface area contributed by atoms with Gasteiger partial charge in [0.15, 0.2) is 23.8 Å². The summed E-state index contributed by atoms with van der Waals surface area (Å²) in [6.45, 7) is 4.29. The van der Waals surface area contributed by atoms with Crippen LogP contribution in [0.2, 0.25) is 0 Å². The van der Waals surface area contributed by atoms with Gasteiger partial charge in [0.05, 0.1) is 6.33 Å². The maximum Gasteiger partial charge on any atom is 0.252 e. The van der Waals surface area contributed by atoms with E-state index in [1.165, 1.54) is 23.7 Å². The molecule has 5 N–H and O–H groups in total. The van der Waals surface area contributed by atoms with Gasteiger partial charge in [0.1, 0.15) is 17.7 Å². The molecule has 10 heteroatoms. The number of nitrogen functional groups attached to an aromatic ring is 1. The Hall–Kier alpha value is -2.74. The lowest BCUT2D eigenvalue weighted by Crippen LogP contribution is -2.42. The van der Waals surface area contributed by atoms with Crippen LogP contribution in [-0.2, 0) is 9.53 Å². The number of nitrogens with zero attached hydrogens (tertiary/aromatic N) is 4. The van der Waals surface area contributed by atoms with Crippen LogP contribution >= 0.6 is 0 Å². The lowest BCUT2D eigenvalue weighted by atomic mass is 10.1. The van der Waals surface area contributed by atoms with E-state index in [4.69, 9.17) is 10.5 Å². The minimum Gasteiger partial charge on any atom is -0.387 e. The molecule has 10 nitrogen and oxygen atoms in total. The van der Waals surface area contributed by atoms with E-state index in [0.29, 0.717) is 17.7 Å². The number of hydrogen-bond donors (Lipinski definition) is 4. The highest BCUT2D eigenvalue weighted by Crippen LogP contribution is 2.32. The van der Waals surface area contributed by atoms with E-state index in [1.54, 1.807) is 6.92 Å². The van der Waals surface area contributed by atoms with Gasteiger partial charge in [-0.15, -0.1) is 0 Å². The van der Waals surface area contributed by atoms with Gasteiger partial charge >= 0.3 is 0 Å². The summed E-state index contributed by atoms with van der Waals surface area (Å²) in [4.78, 5) is 24.9. The van der Waals surface area contributed by atoms with Crippen LogP contribution in [-0.4, -0.2) is 60.5 Å². The first-order chi connectivity index (χ1) is 14.5. The minimum absolute atomic E-state index is 0.155. The lowest BCUT2D eigenvalue weighted by molar-refractivity contribution is -0.137. The highest BCUT2D eigenvalue weighted by atomic mass is 16.6. The Kier molecular flexibility index (Phi) is 7.20. The van der Waals surface area contributed by atoms with Crippen molar-refractivity contribution in [1.29, 1.82) is 0 Å². The highest BCUT2D eigenvalue weighted by Gasteiger charge is 2.47. The smallest absolute Gasteiger partial charge is 0.252 e. The number of unbranched alkanes of at least 4 members (excludes halogenated alkanes) is 4. The molecule has 1 aliphatic rings. The molecular formula is C20H28N6O4. The zero-order valence-corrected chi connectivity index (χ0v) is 17.2. The summed E-state index contributed by atoms with van der Waals surface area (Å²) in [5.41, 5.74) is 6.64. The van der Waals surface area contributed by atoms with Crippen LogP contribution in [0.4, 0.5) is 5.82 Å². The average Bonchev–Trinajstić information content (AvgIpc) is 3.27. The molecule has 3 heterocycles. The molecule has 4 atom stereocenters. The molecule has 1 saturated heterocycles. The van der Waals surface area contributed by atoms with E-state index in [-0.39, 0.29) is 11.6 Å². The van der Waals surface area contributed by atoms with Crippen molar-refractivity contribution in [2.45, 2.75) is 70.5 Å². The summed E-state index contributed by atoms with van der Waals surface area (Å²) in [5.74, 6) is 5.86. The molecule has 1 fully saturated rings. The highest BCUT2D eigenvalue weighted by molar-refractivity contribution is 5.83. The number of anilines is 1. The molecule has 2 aromatic rings. The number of imidazole rings is 1. The molecule has 0 radical (unpaired) electrons. The SMILES string of the molecule is CCCCCCC#Cc1nc(N)c2ncn(C3O[C@H](C(=O)NCC)[C@@H](O)[C@H]3O)c2n1. The fourth-order valence-corrected chi connectivity index (χ4v) is 3.34. The predicted octanol–water partition coefficient (Wildman–Crippen LogP) is 0.486. The number of fused-ring (bicyclic) bond motifs is 1. The van der Waals surface area contributed by atoms with E-state index in [2.05, 4.69) is 39.0 Å². The Morgan fingerprint density at radius 1 is 1.27 bits per heavy atom. The molecule has 3 rings (SSSR count). The Balaban J connectivity index is 1.84. The van der Waals surface area contributed by atoms with Crippen molar-refractivity contribution in [2.75, 3.05) is 12.3 Å². The van der Waals surface area contributed by atoms with Gasteiger partial charge in [-0.2, -0.15) is 0 Å². The number of nitrogens with one attached hydrogen (secondary N) is 1. The number of aliphatic hydroxyl groups is 2. The fraction of sp³-hybridized carbons (Fsp3) is 0.600. The molecule has 162 valence electrons. The zero-order valence-electron chi connectivity index (χ0n) is 17.2. The molecule has 0 saturated carbocycles. The Morgan fingerprint density at radius 3 is 2.80 bits per heavy atom. The first kappa shape index (κ1) is 22.0. The Labute approximate surface area is 174 Å². The van der Waals surface area contributed by atoms with Crippen molar-refractivity contribution in [1.82, 2.24) is 24.8 Å². The van der Waals surface area contributed by atoms with Crippen LogP contribution < -0.4 is 11.1 Å². The van der Waals surface area contributed by atoms with E-state index >= 15 is 0 Å². The van der Waals surface area contributed by atoms with Crippen LogP contribution in [0.1, 0.15) is 58.0 Å². The molecule has 0 aromatic carbocycles. The molecule has 0 spiro atoms. The summed E-state index contributed by atoms with van der Waals surface area (Å²) in [5, 5.41) is 23.3. The van der Waals surface area contributed by atoms with Crippen LogP contribution in [0.5, 0.6) is 0 Å². The maximum absolute atomic E-state index is 12.1. The van der Waals surface area contributed by atoms with Crippen LogP contribution in [0.25, 0.3) is 11.2 Å². The van der Waals surface area contributed by atoms with Gasteiger partial charge in [0.25, 0.3) is 5.91 Å². The van der Waals surface area contributed by atoms with Crippen molar-refractivity contribution in [3.63, 3.8) is 0 Å². The first-order valence-corrected chi connectivity index (χ1v) is 10.3. The molecular weight excluding hydrogens is 388 g/mol. The van der Waals surface area contributed by atoms with Crippen molar-refractivity contribution in [3.8, 4) is 11.8 Å². The monoisotopic (exact) mass is 416 g/mol. The van der Waals surface area contributed by atoms with Crippen LogP contribution in [0, 0.1) is 11.8 Å². The van der Waals surface area contributed by atoms with Gasteiger partial charge in [-0.25, -0.2) is 15.0 Å². The van der Waals surface area contributed by atoms with E-state index in [1.807, 2.05) is 0 Å². The van der Waals surface area contributed by atoms with Gasteiger partial charge in [0.2, 0.25) is 5.82 Å².